The van der Waals surface area contributed by atoms with E-state index in [0.717, 1.165) is 25.7 Å². The highest BCUT2D eigenvalue weighted by Crippen LogP contribution is 2.40. The number of hydrogen-bond acceptors (Lipinski definition) is 14. The molecule has 2 fully saturated rings. The number of aryl methyl sites for hydroxylation is 2. The van der Waals surface area contributed by atoms with Crippen molar-refractivity contribution in [3.05, 3.63) is 131 Å². The highest BCUT2D eigenvalue weighted by Gasteiger charge is 2.32. The molecule has 0 radical (unpaired) electrons. The minimum atomic E-state index is -0.575. The molecule has 2 saturated heterocycles. The van der Waals surface area contributed by atoms with Gasteiger partial charge in [0.25, 0.3) is 0 Å². The maximum absolute atomic E-state index is 15.1. The molecule has 0 saturated carbocycles. The summed E-state index contributed by atoms with van der Waals surface area (Å²) < 4.78 is 72.8. The van der Waals surface area contributed by atoms with Crippen LogP contribution >= 0.6 is 0 Å². The van der Waals surface area contributed by atoms with Crippen LogP contribution in [0.4, 0.5) is 28.9 Å². The predicted octanol–water partition coefficient (Wildman–Crippen LogP) is 7.41. The quantitative estimate of drug-likeness (QED) is 0.0810. The number of rotatable bonds is 14. The fourth-order valence-corrected chi connectivity index (χ4v) is 9.82. The van der Waals surface area contributed by atoms with E-state index in [1.54, 1.807) is 38.6 Å². The van der Waals surface area contributed by atoms with E-state index in [1.165, 1.54) is 84.5 Å². The van der Waals surface area contributed by atoms with E-state index in [0.29, 0.717) is 51.9 Å². The number of aliphatic hydroxyl groups is 2. The summed E-state index contributed by atoms with van der Waals surface area (Å²) in [6, 6.07) is 14.0. The van der Waals surface area contributed by atoms with Gasteiger partial charge in [0.05, 0.1) is 68.2 Å². The normalized spacial score (nSPS) is 15.6. The van der Waals surface area contributed by atoms with Crippen LogP contribution in [0.2, 0.25) is 0 Å². The number of fused-ring (bicyclic) bond motifs is 2. The Hall–Kier alpha value is -7.84. The largest absolute Gasteiger partial charge is 0.496 e. The average Bonchev–Trinajstić information content (AvgIpc) is 4.22. The van der Waals surface area contributed by atoms with Gasteiger partial charge in [-0.05, 0) is 85.3 Å². The van der Waals surface area contributed by atoms with Gasteiger partial charge in [-0.2, -0.15) is 10.2 Å². The lowest BCUT2D eigenvalue weighted by Gasteiger charge is -2.28. The van der Waals surface area contributed by atoms with Gasteiger partial charge in [0, 0.05) is 69.4 Å². The number of carbonyl (C=O) groups excluding carboxylic acids is 2. The van der Waals surface area contributed by atoms with Crippen molar-refractivity contribution in [2.75, 3.05) is 50.3 Å². The van der Waals surface area contributed by atoms with Crippen LogP contribution in [-0.2, 0) is 26.9 Å². The lowest BCUT2D eigenvalue weighted by Crippen LogP contribution is -2.33. The highest BCUT2D eigenvalue weighted by molar-refractivity contribution is 6.02. The number of Topliss-reactive ketones (excluding diaryl/α,β-unsaturated/α-hetero) is 2. The number of aliphatic hydroxyl groups excluding tert-OH is 2. The van der Waals surface area contributed by atoms with Crippen LogP contribution in [0.15, 0.2) is 85.5 Å². The summed E-state index contributed by atoms with van der Waals surface area (Å²) in [6.07, 6.45) is 9.13. The third kappa shape index (κ3) is 9.41. The van der Waals surface area contributed by atoms with Gasteiger partial charge in [-0.15, -0.1) is 0 Å². The van der Waals surface area contributed by atoms with Gasteiger partial charge in [0.2, 0.25) is 0 Å². The molecule has 372 valence electrons. The van der Waals surface area contributed by atoms with E-state index in [9.17, 15) is 28.6 Å². The number of hydrogen-bond donors (Lipinski definition) is 2. The SMILES string of the molecule is COc1cccc(F)c1-c1nccc(C(=O)Cc2cc(F)c3c(cnn3C)c2N2CCC[C@@H]2CO)n1.COc1cccc(F)c1-c1nccc(C(=O)Cc2cc(F)c3nn(C)cc3c2N2CCC[C@@H]2CO)n1. The number of benzene rings is 4. The summed E-state index contributed by atoms with van der Waals surface area (Å²) in [7, 11) is 6.19. The first kappa shape index (κ1) is 49.2. The first-order chi connectivity index (χ1) is 34.8. The molecule has 0 amide bonds. The zero-order valence-corrected chi connectivity index (χ0v) is 39.8. The number of nitrogens with zero attached hydrogens (tertiary/aromatic N) is 10. The molecule has 4 aromatic carbocycles. The van der Waals surface area contributed by atoms with Crippen molar-refractivity contribution in [2.45, 2.75) is 50.6 Å². The van der Waals surface area contributed by atoms with E-state index in [2.05, 4.69) is 30.1 Å². The number of carbonyl (C=O) groups is 2. The Morgan fingerprint density at radius 3 is 1.68 bits per heavy atom. The third-order valence-electron chi connectivity index (χ3n) is 13.1. The van der Waals surface area contributed by atoms with Gasteiger partial charge in [-0.25, -0.2) is 37.5 Å². The van der Waals surface area contributed by atoms with Crippen molar-refractivity contribution in [1.29, 1.82) is 0 Å². The Labute approximate surface area is 410 Å². The van der Waals surface area contributed by atoms with Crippen LogP contribution in [0.25, 0.3) is 44.6 Å². The van der Waals surface area contributed by atoms with Gasteiger partial charge in [0.15, 0.2) is 29.0 Å². The smallest absolute Gasteiger partial charge is 0.185 e. The lowest BCUT2D eigenvalue weighted by molar-refractivity contribution is 0.0980. The molecule has 72 heavy (non-hydrogen) atoms. The van der Waals surface area contributed by atoms with Crippen LogP contribution in [0.5, 0.6) is 11.5 Å². The number of anilines is 2. The Morgan fingerprint density at radius 1 is 0.681 bits per heavy atom. The molecular formula is C52H50F4N10O6. The summed E-state index contributed by atoms with van der Waals surface area (Å²) in [5.41, 5.74) is 3.13. The summed E-state index contributed by atoms with van der Waals surface area (Å²) in [6.45, 7) is 1.25. The van der Waals surface area contributed by atoms with Crippen LogP contribution in [0.3, 0.4) is 0 Å². The van der Waals surface area contributed by atoms with Gasteiger partial charge < -0.3 is 29.5 Å². The Bertz CT molecular complexity index is 3200. The van der Waals surface area contributed by atoms with Gasteiger partial charge in [0.1, 0.15) is 51.4 Å². The minimum absolute atomic E-state index is 0.0183. The Morgan fingerprint density at radius 2 is 1.18 bits per heavy atom. The lowest BCUT2D eigenvalue weighted by atomic mass is 10.00. The Balaban J connectivity index is 0.000000178. The van der Waals surface area contributed by atoms with E-state index in [4.69, 9.17) is 9.47 Å². The van der Waals surface area contributed by atoms with E-state index in [1.807, 2.05) is 9.80 Å². The maximum atomic E-state index is 15.1. The minimum Gasteiger partial charge on any atom is -0.496 e. The van der Waals surface area contributed by atoms with E-state index < -0.39 is 23.3 Å². The molecule has 20 heteroatoms. The first-order valence-electron chi connectivity index (χ1n) is 23.2. The fraction of sp³-hybridized carbons (Fsp3) is 0.308. The van der Waals surface area contributed by atoms with Crippen molar-refractivity contribution in [1.82, 2.24) is 39.5 Å². The second kappa shape index (κ2) is 20.9. The fourth-order valence-electron chi connectivity index (χ4n) is 9.82. The molecule has 16 nitrogen and oxygen atoms in total. The summed E-state index contributed by atoms with van der Waals surface area (Å²) in [4.78, 5) is 47.7. The maximum Gasteiger partial charge on any atom is 0.185 e. The molecule has 2 atom stereocenters. The number of ketones is 2. The molecule has 4 aromatic heterocycles. The molecule has 2 aliphatic rings. The molecule has 10 rings (SSSR count). The molecule has 0 bridgehead atoms. The number of halogens is 4. The molecule has 0 unspecified atom stereocenters. The summed E-state index contributed by atoms with van der Waals surface area (Å²) in [5.74, 6) is -2.40. The van der Waals surface area contributed by atoms with Gasteiger partial charge >= 0.3 is 0 Å². The van der Waals surface area contributed by atoms with Crippen LogP contribution in [0.1, 0.15) is 57.8 Å². The van der Waals surface area contributed by atoms with E-state index >= 15 is 8.78 Å². The van der Waals surface area contributed by atoms with Crippen molar-refractivity contribution in [3.63, 3.8) is 0 Å². The second-order valence-electron chi connectivity index (χ2n) is 17.5. The van der Waals surface area contributed by atoms with Crippen LogP contribution in [0, 0.1) is 23.3 Å². The molecule has 8 aromatic rings. The predicted molar refractivity (Wildman–Crippen MR) is 260 cm³/mol. The van der Waals surface area contributed by atoms with Crippen LogP contribution < -0.4 is 19.3 Å². The number of methoxy groups -OCH3 is 2. The summed E-state index contributed by atoms with van der Waals surface area (Å²) in [5, 5.41) is 29.5. The zero-order chi connectivity index (χ0) is 50.8. The van der Waals surface area contributed by atoms with Gasteiger partial charge in [-0.3, -0.25) is 19.0 Å². The average molecular weight is 987 g/mol. The molecule has 0 aliphatic carbocycles. The molecule has 2 aliphatic heterocycles. The van der Waals surface area contributed by atoms with Crippen molar-refractivity contribution >= 4 is 44.7 Å². The highest BCUT2D eigenvalue weighted by atomic mass is 19.1. The molecule has 2 N–H and O–H groups in total. The van der Waals surface area contributed by atoms with Crippen molar-refractivity contribution in [2.24, 2.45) is 14.1 Å². The topological polar surface area (TPSA) is 187 Å². The van der Waals surface area contributed by atoms with Gasteiger partial charge in [-0.1, -0.05) is 12.1 Å². The molecular weight excluding hydrogens is 937 g/mol. The van der Waals surface area contributed by atoms with E-state index in [-0.39, 0.29) is 101 Å². The molecule has 0 spiro atoms. The molecule has 6 heterocycles. The monoisotopic (exact) mass is 986 g/mol. The third-order valence-corrected chi connectivity index (χ3v) is 13.1. The van der Waals surface area contributed by atoms with Crippen molar-refractivity contribution < 1.29 is 46.8 Å². The van der Waals surface area contributed by atoms with Crippen LogP contribution in [-0.4, -0.2) is 114 Å². The standard InChI is InChI=1S/2C26H25F2N5O3/c1-32-13-17-24(31-32)19(28)11-15(25(17)33-10-4-5-16(33)14-34)12-21(35)20-8-9-29-26(30-20)23-18(27)6-3-7-22(23)36-2;1-32-25-17(13-30-32)24(33-10-4-5-16(33)14-34)15(11-19(25)28)12-21(35)20-8-9-29-26(31-20)23-18(27)6-3-7-22(23)36-2/h2*3,6-9,11,13,16,34H,4-5,10,12,14H2,1-2H3/t2*16-/m11/s1. The second-order valence-corrected chi connectivity index (χ2v) is 17.5. The van der Waals surface area contributed by atoms with Crippen molar-refractivity contribution in [3.8, 4) is 34.3 Å². The zero-order valence-electron chi connectivity index (χ0n) is 39.8. The number of ether oxygens (including phenoxy) is 2. The first-order valence-corrected chi connectivity index (χ1v) is 23.2. The summed E-state index contributed by atoms with van der Waals surface area (Å²) >= 11 is 0. The number of aromatic nitrogens is 8. The Kier molecular flexibility index (Phi) is 14.2.